The van der Waals surface area contributed by atoms with Gasteiger partial charge in [-0.15, -0.1) is 24.0 Å². The van der Waals surface area contributed by atoms with E-state index < -0.39 is 0 Å². The van der Waals surface area contributed by atoms with Gasteiger partial charge in [-0.2, -0.15) is 0 Å². The lowest BCUT2D eigenvalue weighted by Gasteiger charge is -2.28. The van der Waals surface area contributed by atoms with Crippen LogP contribution in [0.1, 0.15) is 35.1 Å². The minimum Gasteiger partial charge on any atom is -0.369 e. The van der Waals surface area contributed by atoms with Gasteiger partial charge >= 0.3 is 0 Å². The van der Waals surface area contributed by atoms with E-state index in [4.69, 9.17) is 23.1 Å². The Bertz CT molecular complexity index is 1460. The molecule has 206 valence electrons. The number of halogens is 2. The minimum atomic E-state index is -0.0955. The Labute approximate surface area is 251 Å². The van der Waals surface area contributed by atoms with Crippen molar-refractivity contribution in [3.63, 3.8) is 0 Å². The van der Waals surface area contributed by atoms with E-state index in [1.807, 2.05) is 24.3 Å². The number of fused-ring (bicyclic) bond motifs is 2. The van der Waals surface area contributed by atoms with E-state index in [0.29, 0.717) is 11.7 Å². The number of nitrogens with two attached hydrogens (primary N) is 2. The summed E-state index contributed by atoms with van der Waals surface area (Å²) in [4.78, 5) is 31.5. The normalized spacial score (nSPS) is 14.8. The molecule has 9 nitrogen and oxygen atoms in total. The Balaban J connectivity index is 0.000000210. The number of H-pyrrole nitrogens is 1. The van der Waals surface area contributed by atoms with Gasteiger partial charge in [0.1, 0.15) is 5.15 Å². The molecule has 0 aliphatic carbocycles. The molecule has 0 saturated carbocycles. The molecule has 0 saturated heterocycles. The molecular weight excluding hydrogens is 627 g/mol. The van der Waals surface area contributed by atoms with E-state index in [0.717, 1.165) is 68.1 Å². The van der Waals surface area contributed by atoms with Crippen LogP contribution in [-0.2, 0) is 39.0 Å². The zero-order chi connectivity index (χ0) is 26.5. The average Bonchev–Trinajstić information content (AvgIpc) is 2.90. The lowest BCUT2D eigenvalue weighted by molar-refractivity contribution is 0.240. The van der Waals surface area contributed by atoms with Crippen molar-refractivity contribution in [2.24, 2.45) is 0 Å². The summed E-state index contributed by atoms with van der Waals surface area (Å²) in [6.07, 6.45) is 1.60. The van der Waals surface area contributed by atoms with Gasteiger partial charge in [0.15, 0.2) is 0 Å². The number of benzene rings is 2. The number of aromatic nitrogens is 4. The first kappa shape index (κ1) is 28.9. The Morgan fingerprint density at radius 3 is 1.87 bits per heavy atom. The molecule has 11 heteroatoms. The largest absolute Gasteiger partial charge is 0.369 e. The first-order valence-corrected chi connectivity index (χ1v) is 13.0. The van der Waals surface area contributed by atoms with Gasteiger partial charge in [0.25, 0.3) is 5.56 Å². The monoisotopic (exact) mass is 660 g/mol. The van der Waals surface area contributed by atoms with Crippen LogP contribution < -0.4 is 17.0 Å². The second-order valence-corrected chi connectivity index (χ2v) is 9.92. The van der Waals surface area contributed by atoms with E-state index in [2.05, 4.69) is 66.1 Å². The topological polar surface area (TPSA) is 130 Å². The third-order valence-electron chi connectivity index (χ3n) is 6.78. The molecule has 2 aromatic heterocycles. The fourth-order valence-corrected chi connectivity index (χ4v) is 5.21. The standard InChI is InChI=1S/C14H15ClN4.C14H16N4O.HI.H2/c15-13-11-6-7-19(8-10-4-2-1-3-5-10)9-12(11)17-14(16)18-13;15-14-16-12-9-18(7-6-11(12)13(19)17-14)8-10-4-2-1-3-5-10;;/h1-5H,6-9H2,(H2,16,17,18);1-5H,6-9H2,(H3,15,16,17,19);2*1H. The van der Waals surface area contributed by atoms with Gasteiger partial charge < -0.3 is 11.5 Å². The van der Waals surface area contributed by atoms with Crippen LogP contribution in [0, 0.1) is 0 Å². The zero-order valence-electron chi connectivity index (χ0n) is 21.5. The van der Waals surface area contributed by atoms with Crippen molar-refractivity contribution in [1.29, 1.82) is 0 Å². The fraction of sp³-hybridized carbons (Fsp3) is 0.286. The van der Waals surface area contributed by atoms with Crippen molar-refractivity contribution >= 4 is 47.5 Å². The molecule has 2 aliphatic rings. The first-order chi connectivity index (χ1) is 18.4. The van der Waals surface area contributed by atoms with Crippen LogP contribution in [0.3, 0.4) is 0 Å². The molecule has 5 N–H and O–H groups in total. The van der Waals surface area contributed by atoms with Gasteiger partial charge in [0.2, 0.25) is 11.9 Å². The molecule has 0 spiro atoms. The lowest BCUT2D eigenvalue weighted by atomic mass is 10.1. The second kappa shape index (κ2) is 13.3. The highest BCUT2D eigenvalue weighted by atomic mass is 127. The molecule has 0 radical (unpaired) electrons. The van der Waals surface area contributed by atoms with Gasteiger partial charge in [0, 0.05) is 51.8 Å². The number of rotatable bonds is 4. The van der Waals surface area contributed by atoms with Gasteiger partial charge in [-0.25, -0.2) is 15.0 Å². The molecule has 2 aromatic carbocycles. The van der Waals surface area contributed by atoms with Crippen molar-refractivity contribution in [1.82, 2.24) is 29.7 Å². The molecule has 4 heterocycles. The summed E-state index contributed by atoms with van der Waals surface area (Å²) in [7, 11) is 0. The van der Waals surface area contributed by atoms with E-state index in [9.17, 15) is 4.79 Å². The number of hydrogen-bond acceptors (Lipinski definition) is 8. The number of nitrogen functional groups attached to an aromatic ring is 2. The molecule has 0 bridgehead atoms. The van der Waals surface area contributed by atoms with Gasteiger partial charge in [-0.05, 0) is 24.0 Å². The SMILES string of the molecule is I.Nc1nc(Cl)c2c(n1)CN(Cc1ccccc1)CC2.Nc1nc2c(c(=O)[nH]1)CCN(Cc1ccccc1)C2.[HH]. The summed E-state index contributed by atoms with van der Waals surface area (Å²) in [6, 6.07) is 20.7. The van der Waals surface area contributed by atoms with Crippen molar-refractivity contribution in [3.05, 3.63) is 110 Å². The molecule has 0 atom stereocenters. The van der Waals surface area contributed by atoms with Crippen LogP contribution in [0.25, 0.3) is 0 Å². The average molecular weight is 661 g/mol. The highest BCUT2D eigenvalue weighted by Gasteiger charge is 2.22. The van der Waals surface area contributed by atoms with E-state index >= 15 is 0 Å². The Morgan fingerprint density at radius 2 is 1.31 bits per heavy atom. The fourth-order valence-electron chi connectivity index (χ4n) is 4.92. The summed E-state index contributed by atoms with van der Waals surface area (Å²) in [5.41, 5.74) is 17.3. The summed E-state index contributed by atoms with van der Waals surface area (Å²) in [6.45, 7) is 5.08. The Hall–Kier alpha value is -3.06. The maximum Gasteiger partial charge on any atom is 0.255 e. The van der Waals surface area contributed by atoms with E-state index in [1.54, 1.807) is 0 Å². The molecule has 6 rings (SSSR count). The predicted octanol–water partition coefficient (Wildman–Crippen LogP) is 4.04. The van der Waals surface area contributed by atoms with Crippen molar-refractivity contribution in [2.75, 3.05) is 24.6 Å². The summed E-state index contributed by atoms with van der Waals surface area (Å²) in [5, 5.41) is 0.502. The third-order valence-corrected chi connectivity index (χ3v) is 7.09. The van der Waals surface area contributed by atoms with Crippen molar-refractivity contribution < 1.29 is 1.43 Å². The van der Waals surface area contributed by atoms with Crippen LogP contribution in [0.4, 0.5) is 11.9 Å². The highest BCUT2D eigenvalue weighted by molar-refractivity contribution is 14.0. The smallest absolute Gasteiger partial charge is 0.255 e. The lowest BCUT2D eigenvalue weighted by Crippen LogP contribution is -2.35. The minimum absolute atomic E-state index is 0. The number of hydrogen-bond donors (Lipinski definition) is 3. The molecule has 0 unspecified atom stereocenters. The number of aromatic amines is 1. The maximum atomic E-state index is 11.8. The molecule has 2 aliphatic heterocycles. The number of anilines is 2. The quantitative estimate of drug-likeness (QED) is 0.221. The molecule has 0 amide bonds. The Morgan fingerprint density at radius 1 is 0.795 bits per heavy atom. The third kappa shape index (κ3) is 7.53. The summed E-state index contributed by atoms with van der Waals surface area (Å²) >= 11 is 6.11. The molecule has 0 fully saturated rings. The van der Waals surface area contributed by atoms with E-state index in [-0.39, 0.29) is 42.9 Å². The molecule has 39 heavy (non-hydrogen) atoms. The summed E-state index contributed by atoms with van der Waals surface area (Å²) < 4.78 is 0. The first-order valence-electron chi connectivity index (χ1n) is 12.7. The molecule has 4 aromatic rings. The van der Waals surface area contributed by atoms with E-state index in [1.165, 1.54) is 11.1 Å². The van der Waals surface area contributed by atoms with Crippen LogP contribution >= 0.6 is 35.6 Å². The Kier molecular flexibility index (Phi) is 9.89. The van der Waals surface area contributed by atoms with Gasteiger partial charge in [-0.3, -0.25) is 19.6 Å². The van der Waals surface area contributed by atoms with Gasteiger partial charge in [0.05, 0.1) is 11.4 Å². The molecular formula is C28H34ClIN8O. The van der Waals surface area contributed by atoms with Crippen LogP contribution in [0.2, 0.25) is 5.15 Å². The summed E-state index contributed by atoms with van der Waals surface area (Å²) in [5.74, 6) is 0.454. The van der Waals surface area contributed by atoms with Crippen LogP contribution in [-0.4, -0.2) is 42.8 Å². The second-order valence-electron chi connectivity index (χ2n) is 9.57. The maximum absolute atomic E-state index is 11.8. The zero-order valence-corrected chi connectivity index (χ0v) is 24.6. The number of nitrogens with one attached hydrogen (secondary N) is 1. The van der Waals surface area contributed by atoms with Crippen molar-refractivity contribution in [2.45, 2.75) is 39.0 Å². The van der Waals surface area contributed by atoms with Crippen LogP contribution in [0.5, 0.6) is 0 Å². The van der Waals surface area contributed by atoms with Crippen molar-refractivity contribution in [3.8, 4) is 0 Å². The number of nitrogens with zero attached hydrogens (tertiary/aromatic N) is 5. The van der Waals surface area contributed by atoms with Crippen LogP contribution in [0.15, 0.2) is 65.5 Å². The highest BCUT2D eigenvalue weighted by Crippen LogP contribution is 2.25. The predicted molar refractivity (Wildman–Crippen MR) is 167 cm³/mol. The van der Waals surface area contributed by atoms with Gasteiger partial charge in [-0.1, -0.05) is 72.3 Å².